The van der Waals surface area contributed by atoms with E-state index in [2.05, 4.69) is 55.6 Å². The molecular weight excluding hydrogens is 258 g/mol. The van der Waals surface area contributed by atoms with Gasteiger partial charge in [0.05, 0.1) is 6.04 Å². The zero-order valence-electron chi connectivity index (χ0n) is 13.1. The maximum absolute atomic E-state index is 6.03. The van der Waals surface area contributed by atoms with Gasteiger partial charge in [-0.05, 0) is 55.0 Å². The first kappa shape index (κ1) is 14.4. The van der Waals surface area contributed by atoms with Gasteiger partial charge in [-0.15, -0.1) is 0 Å². The largest absolute Gasteiger partial charge is 0.464 e. The van der Waals surface area contributed by atoms with Gasteiger partial charge < -0.3 is 9.73 Å². The van der Waals surface area contributed by atoms with Crippen molar-refractivity contribution in [2.24, 2.45) is 5.92 Å². The number of rotatable bonds is 5. The molecule has 0 saturated heterocycles. The summed E-state index contributed by atoms with van der Waals surface area (Å²) in [5.74, 6) is 2.82. The first-order valence-electron chi connectivity index (χ1n) is 8.20. The van der Waals surface area contributed by atoms with E-state index >= 15 is 0 Å². The third kappa shape index (κ3) is 3.06. The zero-order valence-corrected chi connectivity index (χ0v) is 13.1. The Morgan fingerprint density at radius 1 is 1.14 bits per heavy atom. The summed E-state index contributed by atoms with van der Waals surface area (Å²) < 4.78 is 6.03. The van der Waals surface area contributed by atoms with Crippen molar-refractivity contribution in [1.82, 2.24) is 5.32 Å². The lowest BCUT2D eigenvalue weighted by atomic mass is 9.79. The van der Waals surface area contributed by atoms with Crippen LogP contribution in [0.5, 0.6) is 0 Å². The first-order chi connectivity index (χ1) is 10.3. The van der Waals surface area contributed by atoms with Crippen LogP contribution in [-0.4, -0.2) is 6.54 Å². The number of aryl methyl sites for hydroxylation is 2. The molecule has 2 nitrogen and oxygen atoms in total. The maximum atomic E-state index is 6.03. The van der Waals surface area contributed by atoms with Gasteiger partial charge in [0.2, 0.25) is 0 Å². The lowest BCUT2D eigenvalue weighted by molar-refractivity contribution is 0.283. The van der Waals surface area contributed by atoms with E-state index in [9.17, 15) is 0 Å². The smallest absolute Gasteiger partial charge is 0.121 e. The Hall–Kier alpha value is -1.54. The molecule has 1 aliphatic rings. The summed E-state index contributed by atoms with van der Waals surface area (Å²) in [5, 5.41) is 3.64. The second-order valence-corrected chi connectivity index (χ2v) is 5.96. The highest BCUT2D eigenvalue weighted by molar-refractivity contribution is 5.30. The minimum Gasteiger partial charge on any atom is -0.464 e. The second kappa shape index (κ2) is 6.48. The summed E-state index contributed by atoms with van der Waals surface area (Å²) >= 11 is 0. The van der Waals surface area contributed by atoms with Crippen LogP contribution in [0.15, 0.2) is 40.8 Å². The van der Waals surface area contributed by atoms with Crippen molar-refractivity contribution in [3.8, 4) is 0 Å². The molecule has 0 aliphatic heterocycles. The van der Waals surface area contributed by atoms with Crippen molar-refractivity contribution in [3.63, 3.8) is 0 Å². The SMILES string of the molecule is CCNC(c1ccc(CC)o1)C1CCc2ccccc2C1. The van der Waals surface area contributed by atoms with Gasteiger partial charge in [0.15, 0.2) is 0 Å². The second-order valence-electron chi connectivity index (χ2n) is 5.96. The summed E-state index contributed by atoms with van der Waals surface area (Å²) in [6.07, 6.45) is 4.53. The molecule has 2 aromatic rings. The Kier molecular flexibility index (Phi) is 4.45. The fourth-order valence-corrected chi connectivity index (χ4v) is 3.48. The van der Waals surface area contributed by atoms with Gasteiger partial charge in [-0.3, -0.25) is 0 Å². The highest BCUT2D eigenvalue weighted by Crippen LogP contribution is 2.34. The normalized spacial score (nSPS) is 19.2. The lowest BCUT2D eigenvalue weighted by Gasteiger charge is -2.31. The van der Waals surface area contributed by atoms with Gasteiger partial charge in [-0.1, -0.05) is 38.1 Å². The summed E-state index contributed by atoms with van der Waals surface area (Å²) in [6, 6.07) is 13.5. The van der Waals surface area contributed by atoms with E-state index in [1.165, 1.54) is 24.0 Å². The van der Waals surface area contributed by atoms with Crippen molar-refractivity contribution < 1.29 is 4.42 Å². The van der Waals surface area contributed by atoms with Crippen LogP contribution in [0.1, 0.15) is 49.0 Å². The molecule has 0 fully saturated rings. The van der Waals surface area contributed by atoms with Crippen molar-refractivity contribution >= 4 is 0 Å². The molecule has 0 bridgehead atoms. The van der Waals surface area contributed by atoms with E-state index in [0.717, 1.165) is 30.9 Å². The molecule has 1 N–H and O–H groups in total. The topological polar surface area (TPSA) is 25.2 Å². The molecule has 0 saturated carbocycles. The third-order valence-corrected chi connectivity index (χ3v) is 4.62. The van der Waals surface area contributed by atoms with Crippen LogP contribution < -0.4 is 5.32 Å². The van der Waals surface area contributed by atoms with Crippen molar-refractivity contribution in [1.29, 1.82) is 0 Å². The van der Waals surface area contributed by atoms with E-state index in [1.807, 2.05) is 0 Å². The van der Waals surface area contributed by atoms with Gasteiger partial charge in [-0.2, -0.15) is 0 Å². The maximum Gasteiger partial charge on any atom is 0.121 e. The van der Waals surface area contributed by atoms with Crippen LogP contribution >= 0.6 is 0 Å². The van der Waals surface area contributed by atoms with Crippen LogP contribution in [-0.2, 0) is 19.3 Å². The zero-order chi connectivity index (χ0) is 14.7. The van der Waals surface area contributed by atoms with E-state index in [1.54, 1.807) is 0 Å². The quantitative estimate of drug-likeness (QED) is 0.885. The molecule has 2 atom stereocenters. The molecule has 2 unspecified atom stereocenters. The average Bonchev–Trinajstić information content (AvgIpc) is 3.01. The number of hydrogen-bond acceptors (Lipinski definition) is 2. The summed E-state index contributed by atoms with van der Waals surface area (Å²) in [6.45, 7) is 5.29. The van der Waals surface area contributed by atoms with Gasteiger partial charge in [0.1, 0.15) is 11.5 Å². The van der Waals surface area contributed by atoms with Crippen LogP contribution in [0.25, 0.3) is 0 Å². The molecule has 112 valence electrons. The summed E-state index contributed by atoms with van der Waals surface area (Å²) in [4.78, 5) is 0. The van der Waals surface area contributed by atoms with Crippen LogP contribution in [0, 0.1) is 5.92 Å². The highest BCUT2D eigenvalue weighted by Gasteiger charge is 2.28. The number of benzene rings is 1. The Balaban J connectivity index is 1.82. The van der Waals surface area contributed by atoms with Crippen molar-refractivity contribution in [3.05, 3.63) is 59.0 Å². The van der Waals surface area contributed by atoms with Gasteiger partial charge in [-0.25, -0.2) is 0 Å². The molecule has 0 spiro atoms. The fraction of sp³-hybridized carbons (Fsp3) is 0.474. The van der Waals surface area contributed by atoms with Gasteiger partial charge in [0.25, 0.3) is 0 Å². The Bertz CT molecular complexity index is 587. The number of hydrogen-bond donors (Lipinski definition) is 1. The highest BCUT2D eigenvalue weighted by atomic mass is 16.3. The van der Waals surface area contributed by atoms with E-state index in [-0.39, 0.29) is 0 Å². The minimum absolute atomic E-state index is 0.337. The van der Waals surface area contributed by atoms with Crippen LogP contribution in [0.4, 0.5) is 0 Å². The van der Waals surface area contributed by atoms with E-state index < -0.39 is 0 Å². The predicted octanol–water partition coefficient (Wildman–Crippen LogP) is 4.30. The Labute approximate surface area is 127 Å². The molecule has 1 aromatic heterocycles. The molecular formula is C19H25NO. The molecule has 0 radical (unpaired) electrons. The number of furan rings is 1. The van der Waals surface area contributed by atoms with Gasteiger partial charge >= 0.3 is 0 Å². The summed E-state index contributed by atoms with van der Waals surface area (Å²) in [7, 11) is 0. The Morgan fingerprint density at radius 3 is 2.67 bits per heavy atom. The van der Waals surface area contributed by atoms with Crippen molar-refractivity contribution in [2.75, 3.05) is 6.54 Å². The lowest BCUT2D eigenvalue weighted by Crippen LogP contribution is -2.31. The summed E-state index contributed by atoms with van der Waals surface area (Å²) in [5.41, 5.74) is 3.04. The van der Waals surface area contributed by atoms with Crippen molar-refractivity contribution in [2.45, 2.75) is 45.6 Å². The molecule has 2 heteroatoms. The monoisotopic (exact) mass is 283 g/mol. The number of nitrogens with one attached hydrogen (secondary N) is 1. The Morgan fingerprint density at radius 2 is 1.95 bits per heavy atom. The number of fused-ring (bicyclic) bond motifs is 1. The standard InChI is InChI=1S/C19H25NO/c1-3-17-11-12-18(21-17)19(20-4-2)16-10-9-14-7-5-6-8-15(14)13-16/h5-8,11-12,16,19-20H,3-4,9-10,13H2,1-2H3. The van der Waals surface area contributed by atoms with Crippen LogP contribution in [0.3, 0.4) is 0 Å². The van der Waals surface area contributed by atoms with Gasteiger partial charge in [0, 0.05) is 6.42 Å². The van der Waals surface area contributed by atoms with E-state index in [0.29, 0.717) is 12.0 Å². The minimum atomic E-state index is 0.337. The third-order valence-electron chi connectivity index (χ3n) is 4.62. The average molecular weight is 283 g/mol. The fourth-order valence-electron chi connectivity index (χ4n) is 3.48. The molecule has 1 aliphatic carbocycles. The predicted molar refractivity (Wildman–Crippen MR) is 86.5 cm³/mol. The molecule has 1 heterocycles. The first-order valence-corrected chi connectivity index (χ1v) is 8.20. The molecule has 3 rings (SSSR count). The molecule has 21 heavy (non-hydrogen) atoms. The molecule has 1 aromatic carbocycles. The van der Waals surface area contributed by atoms with Crippen LogP contribution in [0.2, 0.25) is 0 Å². The molecule has 0 amide bonds. The van der Waals surface area contributed by atoms with E-state index in [4.69, 9.17) is 4.42 Å².